The summed E-state index contributed by atoms with van der Waals surface area (Å²) in [6, 6.07) is 0. The largest absolute Gasteiger partial charge is 0.363 e. The summed E-state index contributed by atoms with van der Waals surface area (Å²) in [4.78, 5) is 0. The zero-order valence-corrected chi connectivity index (χ0v) is 8.94. The van der Waals surface area contributed by atoms with Gasteiger partial charge in [-0.1, -0.05) is 33.1 Å². The highest BCUT2D eigenvalue weighted by Gasteiger charge is 2.61. The summed E-state index contributed by atoms with van der Waals surface area (Å²) in [5, 5.41) is 0. The molecular weight excluding hydrogens is 148 g/mol. The molecule has 0 spiro atoms. The van der Waals surface area contributed by atoms with Crippen LogP contribution >= 0.6 is 0 Å². The molecular formula is C11H22O. The van der Waals surface area contributed by atoms with Gasteiger partial charge < -0.3 is 4.74 Å². The van der Waals surface area contributed by atoms with Gasteiger partial charge in [-0.3, -0.25) is 0 Å². The number of ether oxygens (including phenoxy) is 1. The summed E-state index contributed by atoms with van der Waals surface area (Å²) in [5.74, 6) is 0. The van der Waals surface area contributed by atoms with Crippen LogP contribution in [0, 0.1) is 0 Å². The van der Waals surface area contributed by atoms with Crippen molar-refractivity contribution in [3.63, 3.8) is 0 Å². The fourth-order valence-electron chi connectivity index (χ4n) is 2.15. The van der Waals surface area contributed by atoms with Crippen LogP contribution in [0.1, 0.15) is 59.8 Å². The standard InChI is InChI=1S/C11H22O/c1-5-7-8-9-11(6-2)10(3,4)12-11/h5-9H2,1-4H3. The third-order valence-electron chi connectivity index (χ3n) is 3.26. The summed E-state index contributed by atoms with van der Waals surface area (Å²) in [7, 11) is 0. The van der Waals surface area contributed by atoms with Crippen molar-refractivity contribution in [2.75, 3.05) is 0 Å². The minimum atomic E-state index is 0.162. The van der Waals surface area contributed by atoms with E-state index >= 15 is 0 Å². The summed E-state index contributed by atoms with van der Waals surface area (Å²) >= 11 is 0. The lowest BCUT2D eigenvalue weighted by Gasteiger charge is -2.11. The lowest BCUT2D eigenvalue weighted by Crippen LogP contribution is -2.19. The van der Waals surface area contributed by atoms with Gasteiger partial charge in [0.15, 0.2) is 0 Å². The number of rotatable bonds is 5. The van der Waals surface area contributed by atoms with Crippen molar-refractivity contribution in [1.82, 2.24) is 0 Å². The van der Waals surface area contributed by atoms with Gasteiger partial charge in [0.2, 0.25) is 0 Å². The number of epoxide rings is 1. The van der Waals surface area contributed by atoms with Crippen molar-refractivity contribution < 1.29 is 4.74 Å². The molecule has 1 heterocycles. The topological polar surface area (TPSA) is 12.5 Å². The van der Waals surface area contributed by atoms with E-state index in [0.29, 0.717) is 0 Å². The molecule has 1 aliphatic rings. The Morgan fingerprint density at radius 3 is 2.00 bits per heavy atom. The second-order valence-electron chi connectivity index (χ2n) is 4.42. The molecule has 0 aromatic rings. The van der Waals surface area contributed by atoms with Crippen LogP contribution in [0.4, 0.5) is 0 Å². The van der Waals surface area contributed by atoms with Crippen molar-refractivity contribution in [3.05, 3.63) is 0 Å². The molecule has 1 aliphatic heterocycles. The molecule has 0 bridgehead atoms. The van der Waals surface area contributed by atoms with Crippen molar-refractivity contribution in [1.29, 1.82) is 0 Å². The van der Waals surface area contributed by atoms with Gasteiger partial charge in [-0.15, -0.1) is 0 Å². The Kier molecular flexibility index (Phi) is 2.82. The zero-order chi connectivity index (χ0) is 9.24. The Hall–Kier alpha value is -0.0400. The van der Waals surface area contributed by atoms with Gasteiger partial charge in [-0.05, 0) is 26.7 Å². The van der Waals surface area contributed by atoms with E-state index in [1.807, 2.05) is 0 Å². The van der Waals surface area contributed by atoms with Crippen molar-refractivity contribution in [2.45, 2.75) is 71.0 Å². The third kappa shape index (κ3) is 1.66. The van der Waals surface area contributed by atoms with Crippen LogP contribution in [0.25, 0.3) is 0 Å². The molecule has 0 aromatic heterocycles. The van der Waals surface area contributed by atoms with Gasteiger partial charge in [-0.25, -0.2) is 0 Å². The lowest BCUT2D eigenvalue weighted by molar-refractivity contribution is 0.256. The first kappa shape index (κ1) is 10.0. The first-order valence-corrected chi connectivity index (χ1v) is 5.28. The van der Waals surface area contributed by atoms with E-state index < -0.39 is 0 Å². The fourth-order valence-corrected chi connectivity index (χ4v) is 2.15. The molecule has 1 fully saturated rings. The second kappa shape index (κ2) is 3.37. The van der Waals surface area contributed by atoms with Gasteiger partial charge >= 0.3 is 0 Å². The van der Waals surface area contributed by atoms with Crippen LogP contribution in [0.2, 0.25) is 0 Å². The van der Waals surface area contributed by atoms with E-state index in [1.54, 1.807) is 0 Å². The molecule has 1 unspecified atom stereocenters. The Balaban J connectivity index is 2.30. The first-order valence-electron chi connectivity index (χ1n) is 5.28. The molecule has 1 nitrogen and oxygen atoms in total. The molecule has 0 amide bonds. The number of unbranched alkanes of at least 4 members (excludes halogenated alkanes) is 2. The average molecular weight is 170 g/mol. The van der Waals surface area contributed by atoms with E-state index in [0.717, 1.165) is 0 Å². The second-order valence-corrected chi connectivity index (χ2v) is 4.42. The van der Waals surface area contributed by atoms with Crippen LogP contribution in [0.15, 0.2) is 0 Å². The van der Waals surface area contributed by atoms with Crippen LogP contribution in [-0.4, -0.2) is 11.2 Å². The average Bonchev–Trinajstić information content (AvgIpc) is 2.55. The SMILES string of the molecule is CCCCCC1(CC)OC1(C)C. The summed E-state index contributed by atoms with van der Waals surface area (Å²) in [5.41, 5.74) is 0.400. The van der Waals surface area contributed by atoms with Crippen LogP contribution < -0.4 is 0 Å². The molecule has 1 saturated heterocycles. The van der Waals surface area contributed by atoms with Crippen molar-refractivity contribution >= 4 is 0 Å². The Labute approximate surface area is 76.5 Å². The molecule has 0 N–H and O–H groups in total. The minimum Gasteiger partial charge on any atom is -0.363 e. The zero-order valence-electron chi connectivity index (χ0n) is 8.94. The molecule has 0 aliphatic carbocycles. The van der Waals surface area contributed by atoms with Crippen molar-refractivity contribution in [2.24, 2.45) is 0 Å². The predicted molar refractivity (Wildman–Crippen MR) is 52.3 cm³/mol. The van der Waals surface area contributed by atoms with Gasteiger partial charge in [0.1, 0.15) is 0 Å². The molecule has 0 aromatic carbocycles. The van der Waals surface area contributed by atoms with E-state index in [1.165, 1.54) is 32.1 Å². The highest BCUT2D eigenvalue weighted by Crippen LogP contribution is 2.53. The summed E-state index contributed by atoms with van der Waals surface area (Å²) < 4.78 is 5.79. The maximum Gasteiger partial charge on any atom is 0.0971 e. The first-order chi connectivity index (χ1) is 5.58. The molecule has 0 radical (unpaired) electrons. The smallest absolute Gasteiger partial charge is 0.0971 e. The van der Waals surface area contributed by atoms with Gasteiger partial charge in [0.05, 0.1) is 11.2 Å². The van der Waals surface area contributed by atoms with E-state index in [9.17, 15) is 0 Å². The maximum absolute atomic E-state index is 5.79. The van der Waals surface area contributed by atoms with Crippen LogP contribution in [-0.2, 0) is 4.74 Å². The Morgan fingerprint density at radius 1 is 1.08 bits per heavy atom. The highest BCUT2D eigenvalue weighted by molar-refractivity contribution is 5.09. The summed E-state index contributed by atoms with van der Waals surface area (Å²) in [6.07, 6.45) is 6.41. The van der Waals surface area contributed by atoms with Gasteiger partial charge in [0.25, 0.3) is 0 Å². The normalized spacial score (nSPS) is 32.0. The molecule has 1 atom stereocenters. The fraction of sp³-hybridized carbons (Fsp3) is 1.00. The van der Waals surface area contributed by atoms with Gasteiger partial charge in [-0.2, -0.15) is 0 Å². The minimum absolute atomic E-state index is 0.162. The van der Waals surface area contributed by atoms with Crippen LogP contribution in [0.5, 0.6) is 0 Å². The molecule has 12 heavy (non-hydrogen) atoms. The van der Waals surface area contributed by atoms with E-state index in [-0.39, 0.29) is 11.2 Å². The highest BCUT2D eigenvalue weighted by atomic mass is 16.6. The van der Waals surface area contributed by atoms with E-state index in [2.05, 4.69) is 27.7 Å². The number of hydrogen-bond donors (Lipinski definition) is 0. The molecule has 1 heteroatoms. The maximum atomic E-state index is 5.79. The number of hydrogen-bond acceptors (Lipinski definition) is 1. The monoisotopic (exact) mass is 170 g/mol. The summed E-state index contributed by atoms with van der Waals surface area (Å²) in [6.45, 7) is 8.91. The molecule has 72 valence electrons. The van der Waals surface area contributed by atoms with Crippen LogP contribution in [0.3, 0.4) is 0 Å². The van der Waals surface area contributed by atoms with Crippen molar-refractivity contribution in [3.8, 4) is 0 Å². The molecule has 1 rings (SSSR count). The van der Waals surface area contributed by atoms with Gasteiger partial charge in [0, 0.05) is 0 Å². The Morgan fingerprint density at radius 2 is 1.67 bits per heavy atom. The van der Waals surface area contributed by atoms with E-state index in [4.69, 9.17) is 4.74 Å². The third-order valence-corrected chi connectivity index (χ3v) is 3.26. The predicted octanol–water partition coefficient (Wildman–Crippen LogP) is 3.52. The quantitative estimate of drug-likeness (QED) is 0.454. The Bertz CT molecular complexity index is 151. The molecule has 0 saturated carbocycles. The lowest BCUT2D eigenvalue weighted by atomic mass is 9.88.